The number of aromatic amines is 1. The summed E-state index contributed by atoms with van der Waals surface area (Å²) in [5.74, 6) is 0.583. The van der Waals surface area contributed by atoms with E-state index in [9.17, 15) is 8.42 Å². The van der Waals surface area contributed by atoms with Gasteiger partial charge in [-0.05, 0) is 12.1 Å². The van der Waals surface area contributed by atoms with Crippen LogP contribution >= 0.6 is 11.7 Å². The zero-order chi connectivity index (χ0) is 14.2. The molecule has 0 unspecified atom stereocenters. The van der Waals surface area contributed by atoms with E-state index in [0.717, 1.165) is 11.7 Å². The largest absolute Gasteiger partial charge is 0.347 e. The van der Waals surface area contributed by atoms with Crippen molar-refractivity contribution in [3.8, 4) is 0 Å². The van der Waals surface area contributed by atoms with Crippen LogP contribution in [0.5, 0.6) is 0 Å². The van der Waals surface area contributed by atoms with E-state index < -0.39 is 10.0 Å². The maximum atomic E-state index is 12.6. The molecule has 104 valence electrons. The highest BCUT2D eigenvalue weighted by Crippen LogP contribution is 2.24. The minimum Gasteiger partial charge on any atom is -0.347 e. The third-order valence-electron chi connectivity index (χ3n) is 2.86. The van der Waals surface area contributed by atoms with E-state index in [0.29, 0.717) is 16.9 Å². The second-order valence-corrected chi connectivity index (χ2v) is 6.73. The minimum absolute atomic E-state index is 0.165. The van der Waals surface area contributed by atoms with E-state index in [1.54, 1.807) is 24.5 Å². The molecule has 2 heterocycles. The number of benzene rings is 1. The van der Waals surface area contributed by atoms with Gasteiger partial charge >= 0.3 is 0 Å². The summed E-state index contributed by atoms with van der Waals surface area (Å²) in [5.41, 5.74) is 0.992. The Morgan fingerprint density at radius 2 is 2.20 bits per heavy atom. The molecule has 0 atom stereocenters. The van der Waals surface area contributed by atoms with Crippen molar-refractivity contribution in [1.82, 2.24) is 23.0 Å². The minimum atomic E-state index is -3.63. The molecule has 1 aromatic carbocycles. The Kier molecular flexibility index (Phi) is 3.24. The van der Waals surface area contributed by atoms with Gasteiger partial charge in [-0.15, -0.1) is 0 Å². The highest BCUT2D eigenvalue weighted by atomic mass is 32.2. The van der Waals surface area contributed by atoms with Crippen LogP contribution in [0.4, 0.5) is 0 Å². The van der Waals surface area contributed by atoms with Crippen LogP contribution in [0.1, 0.15) is 5.82 Å². The second kappa shape index (κ2) is 4.93. The number of nitrogens with zero attached hydrogens (tertiary/aromatic N) is 4. The van der Waals surface area contributed by atoms with Crippen molar-refractivity contribution in [1.29, 1.82) is 0 Å². The van der Waals surface area contributed by atoms with Gasteiger partial charge in [-0.2, -0.15) is 13.1 Å². The maximum absolute atomic E-state index is 12.6. The summed E-state index contributed by atoms with van der Waals surface area (Å²) in [6, 6.07) is 4.94. The van der Waals surface area contributed by atoms with Crippen LogP contribution in [0.3, 0.4) is 0 Å². The molecule has 0 aliphatic rings. The van der Waals surface area contributed by atoms with Gasteiger partial charge in [0.2, 0.25) is 10.0 Å². The van der Waals surface area contributed by atoms with E-state index in [4.69, 9.17) is 0 Å². The lowest BCUT2D eigenvalue weighted by atomic mass is 10.3. The third kappa shape index (κ3) is 2.19. The molecule has 7 nitrogen and oxygen atoms in total. The topological polar surface area (TPSA) is 91.8 Å². The first-order valence-electron chi connectivity index (χ1n) is 5.75. The van der Waals surface area contributed by atoms with Gasteiger partial charge in [-0.3, -0.25) is 0 Å². The standard InChI is InChI=1S/C11H11N5O2S2/c1-16(7-10-12-5-6-13-10)20(17,18)9-4-2-3-8-11(9)15-19-14-8/h2-6H,7H2,1H3,(H,12,13). The SMILES string of the molecule is CN(Cc1ncc[nH]1)S(=O)(=O)c1cccc2nsnc12. The normalized spacial score (nSPS) is 12.3. The number of imidazole rings is 1. The predicted octanol–water partition coefficient (Wildman–Crippen LogP) is 1.24. The lowest BCUT2D eigenvalue weighted by molar-refractivity contribution is 0.459. The van der Waals surface area contributed by atoms with E-state index in [1.807, 2.05) is 0 Å². The fourth-order valence-corrected chi connectivity index (χ4v) is 3.72. The van der Waals surface area contributed by atoms with Gasteiger partial charge in [0.05, 0.1) is 18.3 Å². The molecular weight excluding hydrogens is 298 g/mol. The summed E-state index contributed by atoms with van der Waals surface area (Å²) in [4.78, 5) is 7.07. The number of hydrogen-bond acceptors (Lipinski definition) is 6. The van der Waals surface area contributed by atoms with Crippen LogP contribution in [0.2, 0.25) is 0 Å². The number of H-pyrrole nitrogens is 1. The Hall–Kier alpha value is -1.84. The predicted molar refractivity (Wildman–Crippen MR) is 74.7 cm³/mol. The molecule has 0 amide bonds. The number of sulfonamides is 1. The summed E-state index contributed by atoms with van der Waals surface area (Å²) in [7, 11) is -2.12. The Morgan fingerprint density at radius 3 is 2.95 bits per heavy atom. The van der Waals surface area contributed by atoms with Crippen molar-refractivity contribution in [3.63, 3.8) is 0 Å². The molecule has 0 aliphatic heterocycles. The van der Waals surface area contributed by atoms with Crippen molar-refractivity contribution < 1.29 is 8.42 Å². The first kappa shape index (κ1) is 13.2. The molecule has 20 heavy (non-hydrogen) atoms. The van der Waals surface area contributed by atoms with Gasteiger partial charge in [-0.1, -0.05) is 6.07 Å². The van der Waals surface area contributed by atoms with Gasteiger partial charge < -0.3 is 4.98 Å². The lowest BCUT2D eigenvalue weighted by Crippen LogP contribution is -2.27. The van der Waals surface area contributed by atoms with Crippen LogP contribution < -0.4 is 0 Å². The van der Waals surface area contributed by atoms with Crippen LogP contribution in [0.25, 0.3) is 11.0 Å². The Morgan fingerprint density at radius 1 is 1.35 bits per heavy atom. The molecule has 0 bridgehead atoms. The molecule has 0 saturated carbocycles. The van der Waals surface area contributed by atoms with E-state index in [2.05, 4.69) is 18.7 Å². The summed E-state index contributed by atoms with van der Waals surface area (Å²) < 4.78 is 34.5. The summed E-state index contributed by atoms with van der Waals surface area (Å²) in [5, 5.41) is 0. The summed E-state index contributed by atoms with van der Waals surface area (Å²) >= 11 is 0.999. The molecule has 0 spiro atoms. The fourth-order valence-electron chi connectivity index (χ4n) is 1.84. The molecule has 2 aromatic heterocycles. The van der Waals surface area contributed by atoms with Gasteiger partial charge in [0.25, 0.3) is 0 Å². The quantitative estimate of drug-likeness (QED) is 0.782. The Bertz CT molecular complexity index is 826. The number of fused-ring (bicyclic) bond motifs is 1. The number of rotatable bonds is 4. The highest BCUT2D eigenvalue weighted by Gasteiger charge is 2.25. The van der Waals surface area contributed by atoms with E-state index in [-0.39, 0.29) is 11.4 Å². The first-order chi connectivity index (χ1) is 9.59. The van der Waals surface area contributed by atoms with Gasteiger partial charge in [0.1, 0.15) is 21.8 Å². The molecule has 1 N–H and O–H groups in total. The first-order valence-corrected chi connectivity index (χ1v) is 7.92. The van der Waals surface area contributed by atoms with Crippen molar-refractivity contribution >= 4 is 32.8 Å². The molecule has 9 heteroatoms. The molecule has 0 aliphatic carbocycles. The summed E-state index contributed by atoms with van der Waals surface area (Å²) in [6.07, 6.45) is 3.24. The van der Waals surface area contributed by atoms with Crippen LogP contribution in [-0.4, -0.2) is 38.5 Å². The van der Waals surface area contributed by atoms with Crippen LogP contribution in [-0.2, 0) is 16.6 Å². The van der Waals surface area contributed by atoms with Gasteiger partial charge in [-0.25, -0.2) is 13.4 Å². The monoisotopic (exact) mass is 309 g/mol. The third-order valence-corrected chi connectivity index (χ3v) is 5.24. The number of aromatic nitrogens is 4. The van der Waals surface area contributed by atoms with Gasteiger partial charge in [0, 0.05) is 19.4 Å². The Labute approximate surface area is 119 Å². The molecule has 0 radical (unpaired) electrons. The smallest absolute Gasteiger partial charge is 0.245 e. The van der Waals surface area contributed by atoms with Crippen LogP contribution in [0.15, 0.2) is 35.5 Å². The molecule has 3 rings (SSSR count). The summed E-state index contributed by atoms with van der Waals surface area (Å²) in [6.45, 7) is 0.170. The number of hydrogen-bond donors (Lipinski definition) is 1. The zero-order valence-electron chi connectivity index (χ0n) is 10.5. The van der Waals surface area contributed by atoms with Crippen molar-refractivity contribution in [2.75, 3.05) is 7.05 Å². The van der Waals surface area contributed by atoms with E-state index >= 15 is 0 Å². The number of nitrogens with one attached hydrogen (secondary N) is 1. The average Bonchev–Trinajstić information content (AvgIpc) is 3.07. The lowest BCUT2D eigenvalue weighted by Gasteiger charge is -2.15. The average molecular weight is 309 g/mol. The Balaban J connectivity index is 2.01. The van der Waals surface area contributed by atoms with Crippen molar-refractivity contribution in [3.05, 3.63) is 36.4 Å². The van der Waals surface area contributed by atoms with E-state index in [1.165, 1.54) is 17.4 Å². The molecule has 0 saturated heterocycles. The maximum Gasteiger partial charge on any atom is 0.245 e. The van der Waals surface area contributed by atoms with Crippen molar-refractivity contribution in [2.24, 2.45) is 0 Å². The molecule has 0 fully saturated rings. The molecular formula is C11H11N5O2S2. The van der Waals surface area contributed by atoms with Crippen molar-refractivity contribution in [2.45, 2.75) is 11.4 Å². The van der Waals surface area contributed by atoms with Crippen LogP contribution in [0, 0.1) is 0 Å². The second-order valence-electron chi connectivity index (χ2n) is 4.19. The molecule has 3 aromatic rings. The highest BCUT2D eigenvalue weighted by molar-refractivity contribution is 7.89. The van der Waals surface area contributed by atoms with Gasteiger partial charge in [0.15, 0.2) is 0 Å². The zero-order valence-corrected chi connectivity index (χ0v) is 12.1. The fraction of sp³-hybridized carbons (Fsp3) is 0.182.